The van der Waals surface area contributed by atoms with Crippen LogP contribution in [0.25, 0.3) is 11.0 Å². The normalized spacial score (nSPS) is 14.4. The molecule has 0 aliphatic carbocycles. The van der Waals surface area contributed by atoms with Gasteiger partial charge < -0.3 is 14.4 Å². The van der Waals surface area contributed by atoms with Gasteiger partial charge in [0.15, 0.2) is 5.82 Å². The molecule has 0 saturated carbocycles. The maximum Gasteiger partial charge on any atom is 0.256 e. The van der Waals surface area contributed by atoms with Crippen molar-refractivity contribution in [1.29, 1.82) is 0 Å². The third kappa shape index (κ3) is 4.87. The fraction of sp³-hybridized carbons (Fsp3) is 0.370. The van der Waals surface area contributed by atoms with Gasteiger partial charge in [-0.25, -0.2) is 28.7 Å². The molecule has 192 valence electrons. The minimum Gasteiger partial charge on any atom is -0.345 e. The Kier molecular flexibility index (Phi) is 6.82. The van der Waals surface area contributed by atoms with E-state index in [0.717, 1.165) is 37.9 Å². The third-order valence-electron chi connectivity index (χ3n) is 6.92. The lowest BCUT2D eigenvalue weighted by atomic mass is 10.0. The maximum absolute atomic E-state index is 15.2. The van der Waals surface area contributed by atoms with Gasteiger partial charge >= 0.3 is 0 Å². The van der Waals surface area contributed by atoms with Gasteiger partial charge in [-0.05, 0) is 42.5 Å². The molecule has 1 fully saturated rings. The number of fused-ring (bicyclic) bond motifs is 1. The average molecular weight is 506 g/mol. The highest BCUT2D eigenvalue weighted by atomic mass is 19.1. The van der Waals surface area contributed by atoms with E-state index in [1.807, 2.05) is 17.0 Å². The van der Waals surface area contributed by atoms with Crippen molar-refractivity contribution >= 4 is 22.9 Å². The highest BCUT2D eigenvalue weighted by Crippen LogP contribution is 2.31. The van der Waals surface area contributed by atoms with Crippen molar-refractivity contribution in [3.05, 3.63) is 77.1 Å². The van der Waals surface area contributed by atoms with E-state index in [4.69, 9.17) is 0 Å². The van der Waals surface area contributed by atoms with E-state index in [1.165, 1.54) is 29.6 Å². The summed E-state index contributed by atoms with van der Waals surface area (Å²) in [6, 6.07) is 4.52. The van der Waals surface area contributed by atoms with Gasteiger partial charge in [-0.3, -0.25) is 4.79 Å². The number of carbonyl (C=O) groups is 1. The van der Waals surface area contributed by atoms with Crippen LogP contribution in [-0.2, 0) is 12.8 Å². The van der Waals surface area contributed by atoms with Crippen molar-refractivity contribution in [2.75, 3.05) is 32.1 Å². The van der Waals surface area contributed by atoms with Crippen LogP contribution >= 0.6 is 0 Å². The zero-order valence-corrected chi connectivity index (χ0v) is 21.2. The molecule has 8 nitrogen and oxygen atoms in total. The van der Waals surface area contributed by atoms with Gasteiger partial charge in [-0.2, -0.15) is 0 Å². The second kappa shape index (κ2) is 10.2. The van der Waals surface area contributed by atoms with E-state index in [9.17, 15) is 9.18 Å². The van der Waals surface area contributed by atoms with Gasteiger partial charge in [0.05, 0.1) is 16.6 Å². The summed E-state index contributed by atoms with van der Waals surface area (Å²) in [5, 5.41) is 0.345. The standard InChI is InChI=1S/C27H29F2N7O/c1-4-17-13-30-27(31-14-17)35-9-7-19(8-10-35)36-15-22(29)24-23(32-16-33-25(24)36)12-18-5-6-20(21(28)11-18)26(37)34(2)3/h5-6,11,13-16,19H,4,7-10,12H2,1-3H3. The first-order valence-corrected chi connectivity index (χ1v) is 12.4. The second-order valence-electron chi connectivity index (χ2n) is 9.56. The van der Waals surface area contributed by atoms with Crippen molar-refractivity contribution < 1.29 is 13.6 Å². The highest BCUT2D eigenvalue weighted by Gasteiger charge is 2.26. The average Bonchev–Trinajstić information content (AvgIpc) is 3.26. The van der Waals surface area contributed by atoms with Crippen LogP contribution in [0, 0.1) is 11.6 Å². The number of rotatable bonds is 6. The van der Waals surface area contributed by atoms with E-state index in [1.54, 1.807) is 20.2 Å². The zero-order chi connectivity index (χ0) is 26.1. The van der Waals surface area contributed by atoms with Crippen molar-refractivity contribution in [2.24, 2.45) is 0 Å². The first-order valence-electron chi connectivity index (χ1n) is 12.4. The summed E-state index contributed by atoms with van der Waals surface area (Å²) < 4.78 is 31.7. The number of piperidine rings is 1. The molecule has 1 aliphatic heterocycles. The van der Waals surface area contributed by atoms with Crippen LogP contribution in [0.2, 0.25) is 0 Å². The van der Waals surface area contributed by atoms with E-state index in [0.29, 0.717) is 28.2 Å². The van der Waals surface area contributed by atoms with Crippen molar-refractivity contribution in [3.63, 3.8) is 0 Å². The molecule has 1 aliphatic rings. The number of hydrogen-bond acceptors (Lipinski definition) is 6. The van der Waals surface area contributed by atoms with Gasteiger partial charge in [0.2, 0.25) is 5.95 Å². The molecule has 0 radical (unpaired) electrons. The van der Waals surface area contributed by atoms with Gasteiger partial charge in [-0.1, -0.05) is 13.0 Å². The van der Waals surface area contributed by atoms with Gasteiger partial charge in [0, 0.05) is 58.2 Å². The summed E-state index contributed by atoms with van der Waals surface area (Å²) in [6.45, 7) is 3.58. The number of amides is 1. The van der Waals surface area contributed by atoms with Crippen LogP contribution < -0.4 is 4.90 Å². The third-order valence-corrected chi connectivity index (χ3v) is 6.92. The topological polar surface area (TPSA) is 80.0 Å². The molecule has 0 unspecified atom stereocenters. The molecular weight excluding hydrogens is 476 g/mol. The first-order chi connectivity index (χ1) is 17.9. The summed E-state index contributed by atoms with van der Waals surface area (Å²) in [5.74, 6) is -0.701. The number of nitrogens with zero attached hydrogens (tertiary/aromatic N) is 7. The van der Waals surface area contributed by atoms with Gasteiger partial charge in [-0.15, -0.1) is 0 Å². The Balaban J connectivity index is 1.35. The van der Waals surface area contributed by atoms with Crippen LogP contribution in [-0.4, -0.2) is 62.5 Å². The lowest BCUT2D eigenvalue weighted by molar-refractivity contribution is 0.0823. The van der Waals surface area contributed by atoms with Gasteiger partial charge in [0.1, 0.15) is 17.8 Å². The molecular formula is C27H29F2N7O. The van der Waals surface area contributed by atoms with Crippen LogP contribution in [0.15, 0.2) is 43.1 Å². The predicted molar refractivity (Wildman–Crippen MR) is 137 cm³/mol. The molecule has 4 aromatic rings. The Bertz CT molecular complexity index is 1430. The summed E-state index contributed by atoms with van der Waals surface area (Å²) in [4.78, 5) is 33.3. The molecule has 0 N–H and O–H groups in total. The van der Waals surface area contributed by atoms with Gasteiger partial charge in [0.25, 0.3) is 5.91 Å². The molecule has 4 heterocycles. The van der Waals surface area contributed by atoms with Crippen molar-refractivity contribution in [1.82, 2.24) is 29.4 Å². The molecule has 0 atom stereocenters. The molecule has 10 heteroatoms. The first kappa shape index (κ1) is 24.7. The lowest BCUT2D eigenvalue weighted by Crippen LogP contribution is -2.35. The summed E-state index contributed by atoms with van der Waals surface area (Å²) in [5.41, 5.74) is 2.71. The number of aromatic nitrogens is 5. The van der Waals surface area contributed by atoms with E-state index < -0.39 is 17.5 Å². The molecule has 0 bridgehead atoms. The molecule has 5 rings (SSSR count). The van der Waals surface area contributed by atoms with E-state index >= 15 is 4.39 Å². The maximum atomic E-state index is 15.2. The lowest BCUT2D eigenvalue weighted by Gasteiger charge is -2.32. The number of benzene rings is 1. The largest absolute Gasteiger partial charge is 0.345 e. The van der Waals surface area contributed by atoms with Crippen LogP contribution in [0.4, 0.5) is 14.7 Å². The molecule has 0 spiro atoms. The van der Waals surface area contributed by atoms with Crippen molar-refractivity contribution in [2.45, 2.75) is 38.6 Å². The predicted octanol–water partition coefficient (Wildman–Crippen LogP) is 4.20. The highest BCUT2D eigenvalue weighted by molar-refractivity contribution is 5.94. The monoisotopic (exact) mass is 505 g/mol. The molecule has 1 saturated heterocycles. The number of carbonyl (C=O) groups excluding carboxylic acids is 1. The minimum absolute atomic E-state index is 0.00281. The summed E-state index contributed by atoms with van der Waals surface area (Å²) in [6.07, 6.45) is 9.36. The quantitative estimate of drug-likeness (QED) is 0.391. The number of halogens is 2. The van der Waals surface area contributed by atoms with Crippen molar-refractivity contribution in [3.8, 4) is 0 Å². The molecule has 37 heavy (non-hydrogen) atoms. The van der Waals surface area contributed by atoms with E-state index in [2.05, 4.69) is 31.8 Å². The molecule has 3 aromatic heterocycles. The Hall–Kier alpha value is -3.95. The number of anilines is 1. The fourth-order valence-corrected chi connectivity index (χ4v) is 4.83. The smallest absolute Gasteiger partial charge is 0.256 e. The molecule has 1 aromatic carbocycles. The zero-order valence-electron chi connectivity index (χ0n) is 21.2. The minimum atomic E-state index is -0.611. The molecule has 1 amide bonds. The summed E-state index contributed by atoms with van der Waals surface area (Å²) in [7, 11) is 3.14. The second-order valence-corrected chi connectivity index (χ2v) is 9.56. The SMILES string of the molecule is CCc1cnc(N2CCC(n3cc(F)c4c(Cc5ccc(C(=O)N(C)C)c(F)c5)ncnc43)CC2)nc1. The van der Waals surface area contributed by atoms with E-state index in [-0.39, 0.29) is 18.0 Å². The summed E-state index contributed by atoms with van der Waals surface area (Å²) >= 11 is 0. The Morgan fingerprint density at radius 1 is 1.03 bits per heavy atom. The van der Waals surface area contributed by atoms with Crippen LogP contribution in [0.1, 0.15) is 53.0 Å². The van der Waals surface area contributed by atoms with Crippen LogP contribution in [0.5, 0.6) is 0 Å². The Labute approximate surface area is 214 Å². The fourth-order valence-electron chi connectivity index (χ4n) is 4.83. The number of aryl methyl sites for hydroxylation is 1. The number of hydrogen-bond donors (Lipinski definition) is 0. The Morgan fingerprint density at radius 2 is 1.76 bits per heavy atom. The van der Waals surface area contributed by atoms with Crippen LogP contribution in [0.3, 0.4) is 0 Å². The Morgan fingerprint density at radius 3 is 2.41 bits per heavy atom.